The third kappa shape index (κ3) is 4.93. The molecule has 0 amide bonds. The van der Waals surface area contributed by atoms with E-state index in [0.29, 0.717) is 41.3 Å². The number of nitrogens with one attached hydrogen (secondary N) is 1. The van der Waals surface area contributed by atoms with Gasteiger partial charge < -0.3 is 20.6 Å². The van der Waals surface area contributed by atoms with Gasteiger partial charge in [-0.05, 0) is 52.7 Å². The van der Waals surface area contributed by atoms with Crippen LogP contribution in [0, 0.1) is 0 Å². The van der Waals surface area contributed by atoms with E-state index < -0.39 is 0 Å². The smallest absolute Gasteiger partial charge is 0.260 e. The first-order valence-electron chi connectivity index (χ1n) is 8.17. The van der Waals surface area contributed by atoms with Crippen molar-refractivity contribution >= 4 is 29.2 Å². The van der Waals surface area contributed by atoms with E-state index in [2.05, 4.69) is 21.0 Å². The highest BCUT2D eigenvalue weighted by atomic mass is 35.5. The van der Waals surface area contributed by atoms with Gasteiger partial charge in [0.1, 0.15) is 6.61 Å². The molecule has 2 aromatic carbocycles. The lowest BCUT2D eigenvalue weighted by Gasteiger charge is -2.14. The second kappa shape index (κ2) is 8.79. The molecule has 0 aliphatic carbocycles. The maximum atomic E-state index is 6.04. The molecule has 0 saturated heterocycles. The molecule has 0 unspecified atom stereocenters. The van der Waals surface area contributed by atoms with Gasteiger partial charge in [0, 0.05) is 0 Å². The fourth-order valence-electron chi connectivity index (χ4n) is 2.31. The Kier molecular flexibility index (Phi) is 6.20. The van der Waals surface area contributed by atoms with E-state index in [1.54, 1.807) is 12.1 Å². The first kappa shape index (κ1) is 19.1. The number of anilines is 1. The summed E-state index contributed by atoms with van der Waals surface area (Å²) in [5, 5.41) is 11.8. The summed E-state index contributed by atoms with van der Waals surface area (Å²) in [6.45, 7) is 3.23. The molecule has 142 valence electrons. The molecule has 0 saturated carbocycles. The zero-order chi connectivity index (χ0) is 19.2. The average molecular weight is 409 g/mol. The van der Waals surface area contributed by atoms with Gasteiger partial charge in [-0.2, -0.15) is 0 Å². The van der Waals surface area contributed by atoms with Crippen LogP contribution < -0.4 is 20.6 Å². The van der Waals surface area contributed by atoms with Crippen LogP contribution in [0.3, 0.4) is 0 Å². The number of nitrogen functional groups attached to an aromatic ring is 1. The molecule has 0 aliphatic rings. The number of hydrogen-bond acceptors (Lipinski definition) is 7. The lowest BCUT2D eigenvalue weighted by atomic mass is 10.2. The van der Waals surface area contributed by atoms with Gasteiger partial charge in [-0.25, -0.2) is 0 Å². The zero-order valence-corrected chi connectivity index (χ0v) is 16.0. The van der Waals surface area contributed by atoms with Gasteiger partial charge in [0.25, 0.3) is 5.95 Å². The minimum absolute atomic E-state index is 0.182. The molecule has 0 fully saturated rings. The topological polar surface area (TPSA) is 100 Å². The van der Waals surface area contributed by atoms with E-state index >= 15 is 0 Å². The number of hydrogen-bond donors (Lipinski definition) is 2. The summed E-state index contributed by atoms with van der Waals surface area (Å²) >= 11 is 12.0. The Bertz CT molecular complexity index is 918. The Morgan fingerprint density at radius 1 is 1.04 bits per heavy atom. The van der Waals surface area contributed by atoms with Crippen LogP contribution in [0.2, 0.25) is 10.0 Å². The standard InChI is InChI=1S/C17H18Cl2N6O2/c1-2-26-16-8-11(9-21-25-17(20)22-23-24-25)4-6-15(16)27-10-12-3-5-13(18)14(19)7-12/h3-8,21H,2,9-10H2,1H3,(H2,20,22,24). The number of nitrogens with two attached hydrogens (primary N) is 1. The summed E-state index contributed by atoms with van der Waals surface area (Å²) in [6.07, 6.45) is 0. The highest BCUT2D eigenvalue weighted by molar-refractivity contribution is 6.42. The third-order valence-electron chi connectivity index (χ3n) is 3.61. The minimum atomic E-state index is 0.182. The maximum Gasteiger partial charge on any atom is 0.260 e. The number of rotatable bonds is 8. The van der Waals surface area contributed by atoms with Crippen LogP contribution in [0.15, 0.2) is 36.4 Å². The number of halogens is 2. The Balaban J connectivity index is 1.69. The van der Waals surface area contributed by atoms with Gasteiger partial charge in [-0.15, -0.1) is 4.79 Å². The van der Waals surface area contributed by atoms with Crippen molar-refractivity contribution in [3.63, 3.8) is 0 Å². The second-order valence-electron chi connectivity index (χ2n) is 5.54. The molecule has 0 radical (unpaired) electrons. The van der Waals surface area contributed by atoms with Gasteiger partial charge >= 0.3 is 0 Å². The Morgan fingerprint density at radius 3 is 2.56 bits per heavy atom. The quantitative estimate of drug-likeness (QED) is 0.589. The Hall–Kier alpha value is -2.71. The summed E-state index contributed by atoms with van der Waals surface area (Å²) in [4.78, 5) is 1.30. The highest BCUT2D eigenvalue weighted by Crippen LogP contribution is 2.30. The first-order valence-corrected chi connectivity index (χ1v) is 8.92. The lowest BCUT2D eigenvalue weighted by molar-refractivity contribution is 0.269. The molecular formula is C17H18Cl2N6O2. The number of tetrazole rings is 1. The predicted molar refractivity (Wildman–Crippen MR) is 104 cm³/mol. The van der Waals surface area contributed by atoms with Crippen molar-refractivity contribution in [2.45, 2.75) is 20.1 Å². The summed E-state index contributed by atoms with van der Waals surface area (Å²) in [5.41, 5.74) is 10.5. The van der Waals surface area contributed by atoms with E-state index in [0.717, 1.165) is 11.1 Å². The van der Waals surface area contributed by atoms with Crippen LogP contribution >= 0.6 is 23.2 Å². The van der Waals surface area contributed by atoms with Crippen molar-refractivity contribution < 1.29 is 9.47 Å². The number of nitrogens with zero attached hydrogens (tertiary/aromatic N) is 4. The van der Waals surface area contributed by atoms with E-state index in [1.165, 1.54) is 4.79 Å². The molecule has 1 aromatic heterocycles. The summed E-state index contributed by atoms with van der Waals surface area (Å²) in [7, 11) is 0. The molecule has 3 aromatic rings. The second-order valence-corrected chi connectivity index (χ2v) is 6.35. The van der Waals surface area contributed by atoms with Crippen molar-refractivity contribution in [2.24, 2.45) is 0 Å². The Morgan fingerprint density at radius 2 is 1.85 bits per heavy atom. The van der Waals surface area contributed by atoms with E-state index in [4.69, 9.17) is 38.4 Å². The maximum absolute atomic E-state index is 6.04. The van der Waals surface area contributed by atoms with Crippen molar-refractivity contribution in [3.8, 4) is 11.5 Å². The number of benzene rings is 2. The minimum Gasteiger partial charge on any atom is -0.490 e. The average Bonchev–Trinajstić information content (AvgIpc) is 3.07. The largest absolute Gasteiger partial charge is 0.490 e. The molecule has 0 spiro atoms. The lowest BCUT2D eigenvalue weighted by Crippen LogP contribution is -2.18. The molecule has 0 bridgehead atoms. The third-order valence-corrected chi connectivity index (χ3v) is 4.35. The van der Waals surface area contributed by atoms with Gasteiger partial charge in [-0.3, -0.25) is 0 Å². The molecule has 27 heavy (non-hydrogen) atoms. The summed E-state index contributed by atoms with van der Waals surface area (Å²) in [5.74, 6) is 1.46. The first-order chi connectivity index (χ1) is 13.1. The number of aromatic nitrogens is 4. The van der Waals surface area contributed by atoms with Gasteiger partial charge in [0.05, 0.1) is 23.2 Å². The fraction of sp³-hybridized carbons (Fsp3) is 0.235. The van der Waals surface area contributed by atoms with Crippen LogP contribution in [-0.2, 0) is 13.2 Å². The molecule has 3 N–H and O–H groups in total. The van der Waals surface area contributed by atoms with Crippen molar-refractivity contribution in [2.75, 3.05) is 17.8 Å². The van der Waals surface area contributed by atoms with E-state index in [-0.39, 0.29) is 5.95 Å². The monoisotopic (exact) mass is 408 g/mol. The van der Waals surface area contributed by atoms with Crippen LogP contribution in [0.5, 0.6) is 11.5 Å². The molecule has 0 atom stereocenters. The highest BCUT2D eigenvalue weighted by Gasteiger charge is 2.09. The van der Waals surface area contributed by atoms with Crippen molar-refractivity contribution in [1.82, 2.24) is 20.3 Å². The van der Waals surface area contributed by atoms with Crippen LogP contribution in [-0.4, -0.2) is 26.9 Å². The van der Waals surface area contributed by atoms with Crippen molar-refractivity contribution in [1.29, 1.82) is 0 Å². The number of ether oxygens (including phenoxy) is 2. The van der Waals surface area contributed by atoms with Crippen LogP contribution in [0.4, 0.5) is 5.95 Å². The van der Waals surface area contributed by atoms with Gasteiger partial charge in [0.2, 0.25) is 0 Å². The zero-order valence-electron chi connectivity index (χ0n) is 14.5. The van der Waals surface area contributed by atoms with E-state index in [1.807, 2.05) is 31.2 Å². The SMILES string of the molecule is CCOc1cc(CNn2nnnc2N)ccc1OCc1ccc(Cl)c(Cl)c1. The fourth-order valence-corrected chi connectivity index (χ4v) is 2.63. The predicted octanol–water partition coefficient (Wildman–Crippen LogP) is 3.28. The molecular weight excluding hydrogens is 391 g/mol. The summed E-state index contributed by atoms with van der Waals surface area (Å²) in [6, 6.07) is 11.0. The normalized spacial score (nSPS) is 10.6. The molecule has 0 aliphatic heterocycles. The van der Waals surface area contributed by atoms with Crippen LogP contribution in [0.25, 0.3) is 0 Å². The molecule has 3 rings (SSSR count). The molecule has 10 heteroatoms. The van der Waals surface area contributed by atoms with Gasteiger partial charge in [0.15, 0.2) is 11.5 Å². The molecule has 8 nitrogen and oxygen atoms in total. The van der Waals surface area contributed by atoms with Gasteiger partial charge in [-0.1, -0.05) is 40.4 Å². The summed E-state index contributed by atoms with van der Waals surface area (Å²) < 4.78 is 11.6. The van der Waals surface area contributed by atoms with Crippen LogP contribution in [0.1, 0.15) is 18.1 Å². The Labute approximate surface area is 166 Å². The molecule has 1 heterocycles. The van der Waals surface area contributed by atoms with Crippen molar-refractivity contribution in [3.05, 3.63) is 57.6 Å². The van der Waals surface area contributed by atoms with E-state index in [9.17, 15) is 0 Å².